The number of ether oxygens (including phenoxy) is 2. The predicted octanol–water partition coefficient (Wildman–Crippen LogP) is 6.60. The molecule has 0 fully saturated rings. The molecule has 41 heavy (non-hydrogen) atoms. The van der Waals surface area contributed by atoms with Crippen LogP contribution in [0.4, 0.5) is 0 Å². The van der Waals surface area contributed by atoms with Crippen LogP contribution in [0.15, 0.2) is 54.7 Å². The first kappa shape index (κ1) is 35.5. The number of nitrogens with one attached hydrogen (secondary N) is 1. The average molecular weight is 572 g/mol. The molecule has 0 aliphatic rings. The van der Waals surface area contributed by atoms with Crippen molar-refractivity contribution in [1.82, 2.24) is 5.32 Å². The van der Waals surface area contributed by atoms with E-state index in [1.807, 2.05) is 0 Å². The van der Waals surface area contributed by atoms with Crippen molar-refractivity contribution in [3.8, 4) is 11.5 Å². The van der Waals surface area contributed by atoms with E-state index in [1.54, 1.807) is 6.07 Å². The zero-order chi connectivity index (χ0) is 30.0. The lowest BCUT2D eigenvalue weighted by atomic mass is 10.1. The van der Waals surface area contributed by atoms with Crippen molar-refractivity contribution in [3.05, 3.63) is 60.2 Å². The standard InChI is InChI=1S/C33H49NO7/c1-2-3-4-5-6-7-8-9-10-11-12-13-14-15-16-18-32(38)40-25-17-26-41-33(39)22-21-31(37)34-24-23-28-19-20-29(35)30(36)27-28/h6-7,9-10,12-13,19-20,27,35-36H,2-5,8,11,14-18,21-26H2,1H3,(H,34,37)/b7-6-,10-9-,13-12-. The second kappa shape index (κ2) is 24.3. The average Bonchev–Trinajstić information content (AvgIpc) is 2.95. The number of phenols is 2. The highest BCUT2D eigenvalue weighted by Crippen LogP contribution is 2.24. The third kappa shape index (κ3) is 20.9. The summed E-state index contributed by atoms with van der Waals surface area (Å²) in [6.45, 7) is 2.89. The van der Waals surface area contributed by atoms with Crippen LogP contribution in [0.25, 0.3) is 0 Å². The Morgan fingerprint density at radius 1 is 0.732 bits per heavy atom. The summed E-state index contributed by atoms with van der Waals surface area (Å²) in [5, 5.41) is 21.5. The number of carbonyl (C=O) groups is 3. The van der Waals surface area contributed by atoms with Gasteiger partial charge in [-0.05, 0) is 69.1 Å². The van der Waals surface area contributed by atoms with E-state index >= 15 is 0 Å². The van der Waals surface area contributed by atoms with E-state index in [0.717, 1.165) is 37.7 Å². The summed E-state index contributed by atoms with van der Waals surface area (Å²) in [4.78, 5) is 35.5. The number of unbranched alkanes of at least 4 members (excludes halogenated alkanes) is 5. The summed E-state index contributed by atoms with van der Waals surface area (Å²) < 4.78 is 10.3. The van der Waals surface area contributed by atoms with Crippen LogP contribution in [0.2, 0.25) is 0 Å². The quantitative estimate of drug-likeness (QED) is 0.0585. The maximum Gasteiger partial charge on any atom is 0.306 e. The first-order valence-electron chi connectivity index (χ1n) is 15.0. The molecule has 1 rings (SSSR count). The summed E-state index contributed by atoms with van der Waals surface area (Å²) in [6.07, 6.45) is 24.0. The van der Waals surface area contributed by atoms with E-state index in [1.165, 1.54) is 37.8 Å². The topological polar surface area (TPSA) is 122 Å². The van der Waals surface area contributed by atoms with E-state index in [9.17, 15) is 24.6 Å². The summed E-state index contributed by atoms with van der Waals surface area (Å²) in [7, 11) is 0. The van der Waals surface area contributed by atoms with Crippen LogP contribution < -0.4 is 5.32 Å². The largest absolute Gasteiger partial charge is 0.504 e. The van der Waals surface area contributed by atoms with Gasteiger partial charge in [-0.2, -0.15) is 0 Å². The fraction of sp³-hybridized carbons (Fsp3) is 0.545. The number of hydrogen-bond acceptors (Lipinski definition) is 7. The molecule has 0 aromatic heterocycles. The molecule has 0 atom stereocenters. The molecular formula is C33H49NO7. The lowest BCUT2D eigenvalue weighted by Gasteiger charge is -2.07. The Morgan fingerprint density at radius 3 is 1.98 bits per heavy atom. The number of rotatable bonds is 23. The minimum absolute atomic E-state index is 0.0113. The summed E-state index contributed by atoms with van der Waals surface area (Å²) in [6, 6.07) is 4.48. The molecule has 0 heterocycles. The van der Waals surface area contributed by atoms with Crippen LogP contribution >= 0.6 is 0 Å². The van der Waals surface area contributed by atoms with Crippen LogP contribution in [0.1, 0.15) is 96.0 Å². The first-order chi connectivity index (χ1) is 19.9. The van der Waals surface area contributed by atoms with Gasteiger partial charge in [-0.25, -0.2) is 0 Å². The number of carbonyl (C=O) groups excluding carboxylic acids is 3. The number of hydrogen-bond donors (Lipinski definition) is 3. The van der Waals surface area contributed by atoms with Crippen molar-refractivity contribution in [2.45, 2.75) is 96.8 Å². The smallest absolute Gasteiger partial charge is 0.306 e. The molecule has 1 aromatic carbocycles. The summed E-state index contributed by atoms with van der Waals surface area (Å²) >= 11 is 0. The minimum atomic E-state index is -0.479. The van der Waals surface area contributed by atoms with Gasteiger partial charge < -0.3 is 25.0 Å². The number of benzene rings is 1. The fourth-order valence-corrected chi connectivity index (χ4v) is 3.77. The molecular weight excluding hydrogens is 522 g/mol. The Kier molecular flexibility index (Phi) is 21.0. The van der Waals surface area contributed by atoms with Gasteiger partial charge in [0, 0.05) is 25.8 Å². The molecule has 0 aliphatic heterocycles. The van der Waals surface area contributed by atoms with E-state index in [-0.39, 0.29) is 49.4 Å². The lowest BCUT2D eigenvalue weighted by molar-refractivity contribution is -0.147. The van der Waals surface area contributed by atoms with Crippen LogP contribution in [-0.4, -0.2) is 47.8 Å². The molecule has 1 amide bonds. The highest BCUT2D eigenvalue weighted by atomic mass is 16.5. The zero-order valence-corrected chi connectivity index (χ0v) is 24.7. The lowest BCUT2D eigenvalue weighted by Crippen LogP contribution is -2.26. The third-order valence-corrected chi connectivity index (χ3v) is 6.17. The Bertz CT molecular complexity index is 968. The second-order valence-corrected chi connectivity index (χ2v) is 9.84. The molecule has 0 spiro atoms. The zero-order valence-electron chi connectivity index (χ0n) is 24.7. The van der Waals surface area contributed by atoms with Gasteiger partial charge in [-0.3, -0.25) is 14.4 Å². The number of allylic oxidation sites excluding steroid dienone is 6. The molecule has 0 unspecified atom stereocenters. The molecule has 8 nitrogen and oxygen atoms in total. The Hall–Kier alpha value is -3.55. The maximum absolute atomic E-state index is 11.9. The highest BCUT2D eigenvalue weighted by molar-refractivity contribution is 5.81. The van der Waals surface area contributed by atoms with Gasteiger partial charge in [0.1, 0.15) is 0 Å². The monoisotopic (exact) mass is 571 g/mol. The minimum Gasteiger partial charge on any atom is -0.504 e. The summed E-state index contributed by atoms with van der Waals surface area (Å²) in [5.41, 5.74) is 0.767. The fourth-order valence-electron chi connectivity index (χ4n) is 3.77. The predicted molar refractivity (Wildman–Crippen MR) is 162 cm³/mol. The van der Waals surface area contributed by atoms with Crippen LogP contribution in [0.5, 0.6) is 11.5 Å². The number of aromatic hydroxyl groups is 2. The van der Waals surface area contributed by atoms with Gasteiger partial charge in [-0.1, -0.05) is 62.3 Å². The van der Waals surface area contributed by atoms with Gasteiger partial charge in [0.15, 0.2) is 11.5 Å². The molecule has 0 radical (unpaired) electrons. The van der Waals surface area contributed by atoms with E-state index in [0.29, 0.717) is 25.8 Å². The van der Waals surface area contributed by atoms with Gasteiger partial charge >= 0.3 is 11.9 Å². The first-order valence-corrected chi connectivity index (χ1v) is 15.0. The van der Waals surface area contributed by atoms with Gasteiger partial charge in [0.2, 0.25) is 5.91 Å². The van der Waals surface area contributed by atoms with E-state index < -0.39 is 5.97 Å². The van der Waals surface area contributed by atoms with Crippen LogP contribution in [-0.2, 0) is 30.3 Å². The highest BCUT2D eigenvalue weighted by Gasteiger charge is 2.09. The third-order valence-electron chi connectivity index (χ3n) is 6.17. The van der Waals surface area contributed by atoms with Gasteiger partial charge in [0.25, 0.3) is 0 Å². The molecule has 1 aromatic rings. The maximum atomic E-state index is 11.9. The molecule has 3 N–H and O–H groups in total. The van der Waals surface area contributed by atoms with E-state index in [4.69, 9.17) is 9.47 Å². The van der Waals surface area contributed by atoms with Crippen molar-refractivity contribution in [1.29, 1.82) is 0 Å². The Labute approximate surface area is 245 Å². The van der Waals surface area contributed by atoms with Crippen molar-refractivity contribution < 1.29 is 34.1 Å². The molecule has 0 aliphatic carbocycles. The van der Waals surface area contributed by atoms with Crippen molar-refractivity contribution in [2.75, 3.05) is 19.8 Å². The molecule has 228 valence electrons. The molecule has 8 heteroatoms. The second-order valence-electron chi connectivity index (χ2n) is 9.84. The molecule has 0 saturated carbocycles. The number of esters is 2. The Morgan fingerprint density at radius 2 is 1.34 bits per heavy atom. The Balaban J connectivity index is 1.93. The van der Waals surface area contributed by atoms with Gasteiger partial charge in [-0.15, -0.1) is 0 Å². The normalized spacial score (nSPS) is 11.4. The SMILES string of the molecule is CCCCC/C=C\C/C=C\C/C=C\CCCCC(=O)OCCCOC(=O)CCC(=O)NCCc1ccc(O)c(O)c1. The summed E-state index contributed by atoms with van der Waals surface area (Å²) in [5.74, 6) is -1.40. The van der Waals surface area contributed by atoms with Crippen molar-refractivity contribution >= 4 is 17.8 Å². The van der Waals surface area contributed by atoms with Crippen LogP contribution in [0, 0.1) is 0 Å². The number of amides is 1. The van der Waals surface area contributed by atoms with E-state index in [2.05, 4.69) is 48.7 Å². The van der Waals surface area contributed by atoms with Crippen molar-refractivity contribution in [2.24, 2.45) is 0 Å². The molecule has 0 saturated heterocycles. The van der Waals surface area contributed by atoms with Gasteiger partial charge in [0.05, 0.1) is 19.6 Å². The van der Waals surface area contributed by atoms with Crippen LogP contribution in [0.3, 0.4) is 0 Å². The molecule has 0 bridgehead atoms. The number of phenolic OH excluding ortho intramolecular Hbond substituents is 2. The van der Waals surface area contributed by atoms with Crippen molar-refractivity contribution in [3.63, 3.8) is 0 Å².